The number of aromatic nitrogens is 1. The summed E-state index contributed by atoms with van der Waals surface area (Å²) in [5.41, 5.74) is 0.463. The van der Waals surface area contributed by atoms with Gasteiger partial charge in [-0.05, 0) is 11.4 Å². The van der Waals surface area contributed by atoms with Crippen molar-refractivity contribution in [2.75, 3.05) is 0 Å². The molecule has 0 saturated heterocycles. The van der Waals surface area contributed by atoms with E-state index in [2.05, 4.69) is 9.68 Å². The maximum absolute atomic E-state index is 12.1. The van der Waals surface area contributed by atoms with Crippen LogP contribution in [0.25, 0.3) is 10.6 Å². The van der Waals surface area contributed by atoms with Crippen LogP contribution in [0, 0.1) is 0 Å². The average molecular weight is 201 g/mol. The molecule has 5 heteroatoms. The molecule has 0 atom stereocenters. The molecular weight excluding hydrogens is 196 g/mol. The first-order valence-electron chi connectivity index (χ1n) is 3.56. The standard InChI is InChI=1S/C8H5F2NOS/c9-8(10)6-4-5(11-12-6)7-2-1-3-13-7/h1-4,8H. The Hall–Kier alpha value is -1.23. The molecule has 2 nitrogen and oxygen atoms in total. The van der Waals surface area contributed by atoms with Gasteiger partial charge in [0.25, 0.3) is 6.43 Å². The van der Waals surface area contributed by atoms with Crippen molar-refractivity contribution in [1.82, 2.24) is 5.16 Å². The summed E-state index contributed by atoms with van der Waals surface area (Å²) in [7, 11) is 0. The second kappa shape index (κ2) is 3.26. The van der Waals surface area contributed by atoms with Crippen molar-refractivity contribution in [2.45, 2.75) is 6.43 Å². The van der Waals surface area contributed by atoms with Gasteiger partial charge in [0.1, 0.15) is 5.69 Å². The first kappa shape index (κ1) is 8.37. The minimum atomic E-state index is -2.60. The lowest BCUT2D eigenvalue weighted by atomic mass is 10.3. The predicted octanol–water partition coefficient (Wildman–Crippen LogP) is 3.34. The Balaban J connectivity index is 2.33. The third-order valence-electron chi connectivity index (χ3n) is 1.52. The van der Waals surface area contributed by atoms with Crippen LogP contribution >= 0.6 is 11.3 Å². The summed E-state index contributed by atoms with van der Waals surface area (Å²) in [6.45, 7) is 0. The van der Waals surface area contributed by atoms with E-state index in [0.29, 0.717) is 5.69 Å². The Kier molecular flexibility index (Phi) is 2.10. The fraction of sp³-hybridized carbons (Fsp3) is 0.125. The highest BCUT2D eigenvalue weighted by Crippen LogP contribution is 2.27. The van der Waals surface area contributed by atoms with E-state index < -0.39 is 6.43 Å². The lowest BCUT2D eigenvalue weighted by molar-refractivity contribution is 0.112. The molecule has 0 fully saturated rings. The fourth-order valence-corrected chi connectivity index (χ4v) is 1.61. The molecule has 0 aliphatic heterocycles. The van der Waals surface area contributed by atoms with Crippen LogP contribution in [-0.2, 0) is 0 Å². The second-order valence-electron chi connectivity index (χ2n) is 2.39. The summed E-state index contributed by atoms with van der Waals surface area (Å²) >= 11 is 1.43. The maximum Gasteiger partial charge on any atom is 0.298 e. The highest BCUT2D eigenvalue weighted by molar-refractivity contribution is 7.13. The van der Waals surface area contributed by atoms with Gasteiger partial charge in [-0.15, -0.1) is 11.3 Å². The Bertz CT molecular complexity index is 383. The van der Waals surface area contributed by atoms with Crippen molar-refractivity contribution < 1.29 is 13.3 Å². The Morgan fingerprint density at radius 3 is 2.85 bits per heavy atom. The third-order valence-corrected chi connectivity index (χ3v) is 2.41. The number of nitrogens with zero attached hydrogens (tertiary/aromatic N) is 1. The van der Waals surface area contributed by atoms with Crippen LogP contribution in [0.5, 0.6) is 0 Å². The smallest absolute Gasteiger partial charge is 0.298 e. The first-order valence-corrected chi connectivity index (χ1v) is 4.44. The van der Waals surface area contributed by atoms with Crippen LogP contribution < -0.4 is 0 Å². The zero-order valence-corrected chi connectivity index (χ0v) is 7.22. The van der Waals surface area contributed by atoms with Gasteiger partial charge in [0.05, 0.1) is 4.88 Å². The molecule has 0 radical (unpaired) electrons. The van der Waals surface area contributed by atoms with E-state index in [9.17, 15) is 8.78 Å². The number of rotatable bonds is 2. The Morgan fingerprint density at radius 2 is 2.31 bits per heavy atom. The lowest BCUT2D eigenvalue weighted by Crippen LogP contribution is -1.75. The topological polar surface area (TPSA) is 26.0 Å². The summed E-state index contributed by atoms with van der Waals surface area (Å²) < 4.78 is 28.6. The van der Waals surface area contributed by atoms with E-state index in [1.165, 1.54) is 17.4 Å². The molecule has 0 aliphatic carbocycles. The Morgan fingerprint density at radius 1 is 1.46 bits per heavy atom. The first-order chi connectivity index (χ1) is 6.27. The molecule has 13 heavy (non-hydrogen) atoms. The normalized spacial score (nSPS) is 11.0. The van der Waals surface area contributed by atoms with Crippen molar-refractivity contribution >= 4 is 11.3 Å². The summed E-state index contributed by atoms with van der Waals surface area (Å²) in [4.78, 5) is 0.829. The van der Waals surface area contributed by atoms with Gasteiger partial charge in [-0.2, -0.15) is 0 Å². The number of hydrogen-bond donors (Lipinski definition) is 0. The molecule has 2 aromatic heterocycles. The summed E-state index contributed by atoms with van der Waals surface area (Å²) in [5, 5.41) is 5.39. The van der Waals surface area contributed by atoms with Crippen LogP contribution in [0.4, 0.5) is 8.78 Å². The molecule has 0 bridgehead atoms. The maximum atomic E-state index is 12.1. The number of thiophene rings is 1. The molecule has 0 saturated carbocycles. The van der Waals surface area contributed by atoms with Crippen LogP contribution in [0.1, 0.15) is 12.2 Å². The van der Waals surface area contributed by atoms with Gasteiger partial charge in [-0.25, -0.2) is 8.78 Å². The van der Waals surface area contributed by atoms with Gasteiger partial charge in [-0.3, -0.25) is 0 Å². The van der Waals surface area contributed by atoms with Crippen molar-refractivity contribution in [3.05, 3.63) is 29.3 Å². The SMILES string of the molecule is FC(F)c1cc(-c2cccs2)no1. The molecule has 0 aromatic carbocycles. The molecule has 2 rings (SSSR count). The molecule has 0 spiro atoms. The largest absolute Gasteiger partial charge is 0.355 e. The summed E-state index contributed by atoms with van der Waals surface area (Å²) in [6.07, 6.45) is -2.60. The summed E-state index contributed by atoms with van der Waals surface area (Å²) in [5.74, 6) is -0.386. The van der Waals surface area contributed by atoms with E-state index >= 15 is 0 Å². The molecule has 2 heterocycles. The fourth-order valence-electron chi connectivity index (χ4n) is 0.933. The molecule has 0 amide bonds. The number of halogens is 2. The monoisotopic (exact) mass is 201 g/mol. The van der Waals surface area contributed by atoms with Gasteiger partial charge < -0.3 is 4.52 Å². The minimum Gasteiger partial charge on any atom is -0.355 e. The number of alkyl halides is 2. The lowest BCUT2D eigenvalue weighted by Gasteiger charge is -1.85. The van der Waals surface area contributed by atoms with Gasteiger partial charge in [0.15, 0.2) is 0 Å². The van der Waals surface area contributed by atoms with E-state index in [-0.39, 0.29) is 5.76 Å². The minimum absolute atomic E-state index is 0.386. The van der Waals surface area contributed by atoms with Crippen LogP contribution in [0.15, 0.2) is 28.1 Å². The third kappa shape index (κ3) is 1.60. The molecule has 68 valence electrons. The van der Waals surface area contributed by atoms with Gasteiger partial charge >= 0.3 is 0 Å². The molecular formula is C8H5F2NOS. The van der Waals surface area contributed by atoms with Crippen LogP contribution in [0.2, 0.25) is 0 Å². The van der Waals surface area contributed by atoms with Crippen molar-refractivity contribution in [3.8, 4) is 10.6 Å². The Labute approximate surface area is 76.8 Å². The zero-order chi connectivity index (χ0) is 9.26. The molecule has 2 aromatic rings. The quantitative estimate of drug-likeness (QED) is 0.744. The number of hydrogen-bond acceptors (Lipinski definition) is 3. The van der Waals surface area contributed by atoms with Crippen LogP contribution in [0.3, 0.4) is 0 Å². The van der Waals surface area contributed by atoms with E-state index in [0.717, 1.165) is 4.88 Å². The zero-order valence-electron chi connectivity index (χ0n) is 6.41. The van der Waals surface area contributed by atoms with E-state index in [1.54, 1.807) is 6.07 Å². The van der Waals surface area contributed by atoms with Crippen molar-refractivity contribution in [3.63, 3.8) is 0 Å². The van der Waals surface area contributed by atoms with E-state index in [1.807, 2.05) is 11.4 Å². The molecule has 0 unspecified atom stereocenters. The average Bonchev–Trinajstić information content (AvgIpc) is 2.75. The van der Waals surface area contributed by atoms with Crippen LogP contribution in [-0.4, -0.2) is 5.16 Å². The predicted molar refractivity (Wildman–Crippen MR) is 44.8 cm³/mol. The molecule has 0 aliphatic rings. The summed E-state index contributed by atoms with van der Waals surface area (Å²) in [6, 6.07) is 4.89. The van der Waals surface area contributed by atoms with Gasteiger partial charge in [0.2, 0.25) is 5.76 Å². The second-order valence-corrected chi connectivity index (χ2v) is 3.34. The van der Waals surface area contributed by atoms with Gasteiger partial charge in [0, 0.05) is 6.07 Å². The van der Waals surface area contributed by atoms with E-state index in [4.69, 9.17) is 0 Å². The van der Waals surface area contributed by atoms with Crippen molar-refractivity contribution in [1.29, 1.82) is 0 Å². The van der Waals surface area contributed by atoms with Gasteiger partial charge in [-0.1, -0.05) is 11.2 Å². The highest BCUT2D eigenvalue weighted by Gasteiger charge is 2.15. The highest BCUT2D eigenvalue weighted by atomic mass is 32.1. The van der Waals surface area contributed by atoms with Crippen molar-refractivity contribution in [2.24, 2.45) is 0 Å². The molecule has 0 N–H and O–H groups in total.